The van der Waals surface area contributed by atoms with Crippen molar-refractivity contribution in [2.45, 2.75) is 6.18 Å². The lowest BCUT2D eigenvalue weighted by atomic mass is 9.95. The molecule has 0 spiro atoms. The zero-order valence-corrected chi connectivity index (χ0v) is 7.91. The van der Waals surface area contributed by atoms with Gasteiger partial charge in [-0.15, -0.1) is 12.4 Å². The van der Waals surface area contributed by atoms with Crippen LogP contribution in [0.4, 0.5) is 13.2 Å². The molecule has 0 aromatic heterocycles. The molecular weight excluding hydrogens is 223 g/mol. The first kappa shape index (κ1) is 13.5. The van der Waals surface area contributed by atoms with Gasteiger partial charge in [-0.1, -0.05) is 0 Å². The molecular formula is C6H11ClF3N3O. The van der Waals surface area contributed by atoms with Gasteiger partial charge in [-0.3, -0.25) is 10.2 Å². The number of alkyl halides is 3. The van der Waals surface area contributed by atoms with Crippen molar-refractivity contribution in [3.8, 4) is 0 Å². The van der Waals surface area contributed by atoms with Gasteiger partial charge in [0, 0.05) is 13.1 Å². The lowest BCUT2D eigenvalue weighted by Gasteiger charge is -2.19. The summed E-state index contributed by atoms with van der Waals surface area (Å²) in [5.74, 6) is 1.26. The van der Waals surface area contributed by atoms with Crippen molar-refractivity contribution in [1.82, 2.24) is 10.7 Å². The molecule has 0 aliphatic carbocycles. The lowest BCUT2D eigenvalue weighted by molar-refractivity contribution is -0.182. The molecule has 0 saturated carbocycles. The summed E-state index contributed by atoms with van der Waals surface area (Å²) in [5, 5.41) is 2.51. The van der Waals surface area contributed by atoms with Crippen molar-refractivity contribution in [3.05, 3.63) is 0 Å². The average Bonchev–Trinajstić information content (AvgIpc) is 2.49. The number of hydrogen-bond acceptors (Lipinski definition) is 3. The number of rotatable bonds is 1. The van der Waals surface area contributed by atoms with Crippen molar-refractivity contribution in [2.24, 2.45) is 17.7 Å². The fraction of sp³-hybridized carbons (Fsp3) is 0.833. The lowest BCUT2D eigenvalue weighted by Crippen LogP contribution is -2.42. The van der Waals surface area contributed by atoms with Crippen LogP contribution in [0.2, 0.25) is 0 Å². The van der Waals surface area contributed by atoms with E-state index in [0.29, 0.717) is 0 Å². The molecule has 4 nitrogen and oxygen atoms in total. The van der Waals surface area contributed by atoms with E-state index in [9.17, 15) is 18.0 Å². The Morgan fingerprint density at radius 3 is 2.43 bits per heavy atom. The molecule has 0 bridgehead atoms. The highest BCUT2D eigenvalue weighted by atomic mass is 35.5. The minimum atomic E-state index is -4.35. The molecule has 0 unspecified atom stereocenters. The molecule has 1 heterocycles. The van der Waals surface area contributed by atoms with Crippen molar-refractivity contribution in [2.75, 3.05) is 13.1 Å². The van der Waals surface area contributed by atoms with E-state index in [-0.39, 0.29) is 25.5 Å². The van der Waals surface area contributed by atoms with Gasteiger partial charge in [0.15, 0.2) is 0 Å². The van der Waals surface area contributed by atoms with Crippen LogP contribution in [0.5, 0.6) is 0 Å². The van der Waals surface area contributed by atoms with Gasteiger partial charge in [0.25, 0.3) is 0 Å². The topological polar surface area (TPSA) is 67.1 Å². The van der Waals surface area contributed by atoms with Gasteiger partial charge in [-0.25, -0.2) is 5.84 Å². The highest BCUT2D eigenvalue weighted by Crippen LogP contribution is 2.34. The van der Waals surface area contributed by atoms with Gasteiger partial charge in [0.05, 0.1) is 11.8 Å². The van der Waals surface area contributed by atoms with E-state index in [1.807, 2.05) is 0 Å². The van der Waals surface area contributed by atoms with E-state index in [1.54, 1.807) is 5.43 Å². The van der Waals surface area contributed by atoms with E-state index < -0.39 is 23.9 Å². The molecule has 1 aliphatic rings. The molecule has 0 aromatic rings. The third-order valence-corrected chi connectivity index (χ3v) is 2.11. The SMILES string of the molecule is Cl.NNC(=O)[C@@H]1CNC[C@H]1C(F)(F)F. The Bertz CT molecular complexity index is 211. The summed E-state index contributed by atoms with van der Waals surface area (Å²) in [6, 6.07) is 0. The molecule has 14 heavy (non-hydrogen) atoms. The second kappa shape index (κ2) is 4.81. The van der Waals surface area contributed by atoms with Crippen molar-refractivity contribution < 1.29 is 18.0 Å². The number of nitrogens with one attached hydrogen (secondary N) is 2. The molecule has 0 radical (unpaired) electrons. The molecule has 1 saturated heterocycles. The van der Waals surface area contributed by atoms with Crippen LogP contribution in [0.1, 0.15) is 0 Å². The molecule has 1 aliphatic heterocycles. The summed E-state index contributed by atoms with van der Waals surface area (Å²) < 4.78 is 36.7. The van der Waals surface area contributed by atoms with Crippen molar-refractivity contribution >= 4 is 18.3 Å². The molecule has 1 rings (SSSR count). The first-order valence-corrected chi connectivity index (χ1v) is 3.74. The van der Waals surface area contributed by atoms with Crippen LogP contribution in [0.15, 0.2) is 0 Å². The van der Waals surface area contributed by atoms with Gasteiger partial charge in [-0.05, 0) is 0 Å². The molecule has 84 valence electrons. The predicted octanol–water partition coefficient (Wildman–Crippen LogP) is -0.204. The van der Waals surface area contributed by atoms with E-state index >= 15 is 0 Å². The summed E-state index contributed by atoms with van der Waals surface area (Å²) >= 11 is 0. The Kier molecular flexibility index (Phi) is 4.63. The number of hydrogen-bond donors (Lipinski definition) is 3. The first-order valence-electron chi connectivity index (χ1n) is 3.74. The zero-order valence-electron chi connectivity index (χ0n) is 7.10. The van der Waals surface area contributed by atoms with Gasteiger partial charge in [-0.2, -0.15) is 13.2 Å². The summed E-state index contributed by atoms with van der Waals surface area (Å²) in [4.78, 5) is 10.9. The summed E-state index contributed by atoms with van der Waals surface area (Å²) in [6.07, 6.45) is -4.35. The number of carbonyl (C=O) groups excluding carboxylic acids is 1. The minimum Gasteiger partial charge on any atom is -0.315 e. The maximum atomic E-state index is 12.2. The Balaban J connectivity index is 0.00000169. The van der Waals surface area contributed by atoms with Gasteiger partial charge < -0.3 is 5.32 Å². The highest BCUT2D eigenvalue weighted by molar-refractivity contribution is 5.85. The van der Waals surface area contributed by atoms with Crippen molar-refractivity contribution in [1.29, 1.82) is 0 Å². The summed E-state index contributed by atoms with van der Waals surface area (Å²) in [6.45, 7) is -0.200. The molecule has 2 atom stereocenters. The van der Waals surface area contributed by atoms with Gasteiger partial charge in [0.1, 0.15) is 0 Å². The number of nitrogens with two attached hydrogens (primary N) is 1. The second-order valence-electron chi connectivity index (χ2n) is 2.92. The Morgan fingerprint density at radius 2 is 2.00 bits per heavy atom. The monoisotopic (exact) mass is 233 g/mol. The second-order valence-corrected chi connectivity index (χ2v) is 2.92. The Morgan fingerprint density at radius 1 is 1.43 bits per heavy atom. The Hall–Kier alpha value is -0.530. The van der Waals surface area contributed by atoms with Gasteiger partial charge in [0.2, 0.25) is 5.91 Å². The molecule has 4 N–H and O–H groups in total. The predicted molar refractivity (Wildman–Crippen MR) is 45.5 cm³/mol. The molecule has 0 aromatic carbocycles. The van der Waals surface area contributed by atoms with E-state index in [2.05, 4.69) is 5.32 Å². The van der Waals surface area contributed by atoms with Crippen LogP contribution in [0, 0.1) is 11.8 Å². The van der Waals surface area contributed by atoms with E-state index in [1.165, 1.54) is 0 Å². The Labute approximate surface area is 84.8 Å². The minimum absolute atomic E-state index is 0. The third kappa shape index (κ3) is 2.73. The normalized spacial score (nSPS) is 26.9. The van der Waals surface area contributed by atoms with Crippen LogP contribution in [0.3, 0.4) is 0 Å². The quantitative estimate of drug-likeness (QED) is 0.334. The van der Waals surface area contributed by atoms with Gasteiger partial charge >= 0.3 is 6.18 Å². The average molecular weight is 234 g/mol. The smallest absolute Gasteiger partial charge is 0.315 e. The number of halogens is 4. The molecule has 1 amide bonds. The standard InChI is InChI=1S/C6H10F3N3O.ClH/c7-6(8,9)4-2-11-1-3(4)5(13)12-10;/h3-4,11H,1-2,10H2,(H,12,13);1H/t3-,4-;/m1./s1. The molecule has 8 heteroatoms. The third-order valence-electron chi connectivity index (χ3n) is 2.11. The fourth-order valence-corrected chi connectivity index (χ4v) is 1.41. The maximum absolute atomic E-state index is 12.2. The van der Waals surface area contributed by atoms with E-state index in [4.69, 9.17) is 5.84 Å². The molecule has 1 fully saturated rings. The highest BCUT2D eigenvalue weighted by Gasteiger charge is 2.49. The summed E-state index contributed by atoms with van der Waals surface area (Å²) in [7, 11) is 0. The van der Waals surface area contributed by atoms with Crippen molar-refractivity contribution in [3.63, 3.8) is 0 Å². The number of carbonyl (C=O) groups is 1. The van der Waals surface area contributed by atoms with Crippen LogP contribution >= 0.6 is 12.4 Å². The van der Waals surface area contributed by atoms with E-state index in [0.717, 1.165) is 0 Å². The number of amides is 1. The van der Waals surface area contributed by atoms with Crippen LogP contribution in [-0.2, 0) is 4.79 Å². The fourth-order valence-electron chi connectivity index (χ4n) is 1.41. The summed E-state index contributed by atoms with van der Waals surface area (Å²) in [5.41, 5.74) is 1.73. The maximum Gasteiger partial charge on any atom is 0.393 e. The number of hydrazine groups is 1. The largest absolute Gasteiger partial charge is 0.393 e. The van der Waals surface area contributed by atoms with Crippen LogP contribution in [-0.4, -0.2) is 25.2 Å². The van der Waals surface area contributed by atoms with Crippen LogP contribution < -0.4 is 16.6 Å². The zero-order chi connectivity index (χ0) is 10.1. The first-order chi connectivity index (χ1) is 5.96. The van der Waals surface area contributed by atoms with Crippen LogP contribution in [0.25, 0.3) is 0 Å².